The van der Waals surface area contributed by atoms with E-state index in [1.165, 1.54) is 5.56 Å². The van der Waals surface area contributed by atoms with E-state index in [-0.39, 0.29) is 5.91 Å². The molecule has 0 atom stereocenters. The van der Waals surface area contributed by atoms with Gasteiger partial charge in [-0.25, -0.2) is 0 Å². The van der Waals surface area contributed by atoms with E-state index in [1.54, 1.807) is 0 Å². The van der Waals surface area contributed by atoms with Crippen molar-refractivity contribution in [3.8, 4) is 0 Å². The van der Waals surface area contributed by atoms with Gasteiger partial charge in [0.25, 0.3) is 5.91 Å². The molecule has 1 N–H and O–H groups in total. The Morgan fingerprint density at radius 3 is 2.55 bits per heavy atom. The number of para-hydroxylation sites is 1. The summed E-state index contributed by atoms with van der Waals surface area (Å²) in [7, 11) is 0. The van der Waals surface area contributed by atoms with E-state index < -0.39 is 0 Å². The summed E-state index contributed by atoms with van der Waals surface area (Å²) in [6.07, 6.45) is 1.87. The first-order valence-electron chi connectivity index (χ1n) is 7.56. The number of benzene rings is 2. The van der Waals surface area contributed by atoms with Crippen LogP contribution in [0.2, 0.25) is 0 Å². The molecule has 0 aliphatic heterocycles. The van der Waals surface area contributed by atoms with E-state index in [0.717, 1.165) is 29.4 Å². The van der Waals surface area contributed by atoms with Gasteiger partial charge < -0.3 is 9.73 Å². The molecular formula is C19H19NO2. The van der Waals surface area contributed by atoms with E-state index in [1.807, 2.05) is 49.4 Å². The van der Waals surface area contributed by atoms with Crippen molar-refractivity contribution in [1.29, 1.82) is 0 Å². The second kappa shape index (κ2) is 6.48. The lowest BCUT2D eigenvalue weighted by Gasteiger charge is -2.04. The number of fused-ring (bicyclic) bond motifs is 1. The van der Waals surface area contributed by atoms with Crippen molar-refractivity contribution in [2.75, 3.05) is 6.54 Å². The van der Waals surface area contributed by atoms with E-state index in [4.69, 9.17) is 4.42 Å². The molecule has 0 radical (unpaired) electrons. The van der Waals surface area contributed by atoms with E-state index in [9.17, 15) is 4.79 Å². The number of carbonyl (C=O) groups is 1. The molecule has 3 heteroatoms. The highest BCUT2D eigenvalue weighted by atomic mass is 16.3. The van der Waals surface area contributed by atoms with Crippen LogP contribution in [-0.2, 0) is 6.42 Å². The van der Waals surface area contributed by atoms with Crippen molar-refractivity contribution >= 4 is 16.9 Å². The number of aryl methyl sites for hydroxylation is 2. The third kappa shape index (κ3) is 3.03. The summed E-state index contributed by atoms with van der Waals surface area (Å²) in [6, 6.07) is 18.0. The zero-order valence-electron chi connectivity index (χ0n) is 12.6. The van der Waals surface area contributed by atoms with Gasteiger partial charge in [0.1, 0.15) is 5.58 Å². The number of carbonyl (C=O) groups excluding carboxylic acids is 1. The van der Waals surface area contributed by atoms with Gasteiger partial charge in [-0.1, -0.05) is 48.5 Å². The maximum Gasteiger partial charge on any atom is 0.287 e. The molecule has 0 spiro atoms. The average Bonchev–Trinajstić information content (AvgIpc) is 2.90. The van der Waals surface area contributed by atoms with E-state index in [2.05, 4.69) is 17.4 Å². The molecule has 0 aliphatic carbocycles. The third-order valence-corrected chi connectivity index (χ3v) is 3.82. The number of furan rings is 1. The van der Waals surface area contributed by atoms with Crippen molar-refractivity contribution in [3.63, 3.8) is 0 Å². The summed E-state index contributed by atoms with van der Waals surface area (Å²) < 4.78 is 5.66. The molecule has 3 nitrogen and oxygen atoms in total. The van der Waals surface area contributed by atoms with Crippen molar-refractivity contribution < 1.29 is 9.21 Å². The van der Waals surface area contributed by atoms with Crippen LogP contribution in [0.5, 0.6) is 0 Å². The second-order valence-corrected chi connectivity index (χ2v) is 5.40. The Hall–Kier alpha value is -2.55. The fourth-order valence-electron chi connectivity index (χ4n) is 2.61. The highest BCUT2D eigenvalue weighted by Gasteiger charge is 2.16. The molecule has 1 heterocycles. The number of hydrogen-bond donors (Lipinski definition) is 1. The van der Waals surface area contributed by atoms with Crippen LogP contribution >= 0.6 is 0 Å². The third-order valence-electron chi connectivity index (χ3n) is 3.82. The summed E-state index contributed by atoms with van der Waals surface area (Å²) in [5.74, 6) is 0.280. The Balaban J connectivity index is 1.58. The molecule has 2 aromatic carbocycles. The first-order valence-corrected chi connectivity index (χ1v) is 7.56. The van der Waals surface area contributed by atoms with Gasteiger partial charge >= 0.3 is 0 Å². The molecular weight excluding hydrogens is 274 g/mol. The monoisotopic (exact) mass is 293 g/mol. The summed E-state index contributed by atoms with van der Waals surface area (Å²) >= 11 is 0. The van der Waals surface area contributed by atoms with Gasteiger partial charge in [-0.3, -0.25) is 4.79 Å². The van der Waals surface area contributed by atoms with E-state index in [0.29, 0.717) is 12.3 Å². The lowest BCUT2D eigenvalue weighted by molar-refractivity contribution is 0.0927. The number of amides is 1. The largest absolute Gasteiger partial charge is 0.451 e. The molecule has 0 fully saturated rings. The normalized spacial score (nSPS) is 10.8. The quantitative estimate of drug-likeness (QED) is 0.719. The van der Waals surface area contributed by atoms with Crippen LogP contribution in [0.4, 0.5) is 0 Å². The van der Waals surface area contributed by atoms with Gasteiger partial charge in [-0.15, -0.1) is 0 Å². The molecule has 22 heavy (non-hydrogen) atoms. The van der Waals surface area contributed by atoms with Crippen molar-refractivity contribution in [2.24, 2.45) is 0 Å². The fourth-order valence-corrected chi connectivity index (χ4v) is 2.61. The zero-order valence-corrected chi connectivity index (χ0v) is 12.6. The van der Waals surface area contributed by atoms with Crippen LogP contribution in [-0.4, -0.2) is 12.5 Å². The summed E-state index contributed by atoms with van der Waals surface area (Å²) in [4.78, 5) is 12.2. The number of hydrogen-bond acceptors (Lipinski definition) is 2. The summed E-state index contributed by atoms with van der Waals surface area (Å²) in [5, 5.41) is 3.94. The Morgan fingerprint density at radius 1 is 1.05 bits per heavy atom. The Kier molecular flexibility index (Phi) is 4.24. The van der Waals surface area contributed by atoms with Crippen molar-refractivity contribution in [1.82, 2.24) is 5.32 Å². The maximum absolute atomic E-state index is 12.2. The molecule has 1 amide bonds. The molecule has 3 rings (SSSR count). The second-order valence-electron chi connectivity index (χ2n) is 5.40. The zero-order chi connectivity index (χ0) is 15.4. The molecule has 1 aromatic heterocycles. The molecule has 0 bridgehead atoms. The van der Waals surface area contributed by atoms with Crippen LogP contribution in [0.1, 0.15) is 28.1 Å². The number of nitrogens with one attached hydrogen (secondary N) is 1. The molecule has 0 saturated carbocycles. The summed E-state index contributed by atoms with van der Waals surface area (Å²) in [5.41, 5.74) is 2.95. The average molecular weight is 293 g/mol. The van der Waals surface area contributed by atoms with Crippen LogP contribution in [0.3, 0.4) is 0 Å². The van der Waals surface area contributed by atoms with Gasteiger partial charge in [0.2, 0.25) is 0 Å². The lowest BCUT2D eigenvalue weighted by atomic mass is 10.1. The van der Waals surface area contributed by atoms with Crippen LogP contribution in [0.25, 0.3) is 11.0 Å². The smallest absolute Gasteiger partial charge is 0.287 e. The Bertz CT molecular complexity index is 774. The van der Waals surface area contributed by atoms with Gasteiger partial charge in [-0.2, -0.15) is 0 Å². The van der Waals surface area contributed by atoms with E-state index >= 15 is 0 Å². The molecule has 112 valence electrons. The van der Waals surface area contributed by atoms with Gasteiger partial charge in [0, 0.05) is 17.5 Å². The van der Waals surface area contributed by atoms with Crippen molar-refractivity contribution in [2.45, 2.75) is 19.8 Å². The molecule has 0 unspecified atom stereocenters. The maximum atomic E-state index is 12.2. The highest BCUT2D eigenvalue weighted by Crippen LogP contribution is 2.24. The SMILES string of the molecule is Cc1c(C(=O)NCCCc2ccccc2)oc2ccccc12. The Morgan fingerprint density at radius 2 is 1.77 bits per heavy atom. The minimum absolute atomic E-state index is 0.137. The molecule has 0 saturated heterocycles. The van der Waals surface area contributed by atoms with Gasteiger partial charge in [0.05, 0.1) is 0 Å². The number of rotatable bonds is 5. The van der Waals surface area contributed by atoms with Gasteiger partial charge in [0.15, 0.2) is 5.76 Å². The minimum atomic E-state index is -0.137. The van der Waals surface area contributed by atoms with Gasteiger partial charge in [-0.05, 0) is 31.4 Å². The topological polar surface area (TPSA) is 42.2 Å². The highest BCUT2D eigenvalue weighted by molar-refractivity contribution is 5.98. The van der Waals surface area contributed by atoms with Crippen molar-refractivity contribution in [3.05, 3.63) is 71.5 Å². The predicted molar refractivity (Wildman–Crippen MR) is 88.0 cm³/mol. The van der Waals surface area contributed by atoms with Crippen LogP contribution in [0, 0.1) is 6.92 Å². The van der Waals surface area contributed by atoms with Crippen LogP contribution < -0.4 is 5.32 Å². The Labute approximate surface area is 130 Å². The standard InChI is InChI=1S/C19H19NO2/c1-14-16-11-5-6-12-17(16)22-18(14)19(21)20-13-7-10-15-8-3-2-4-9-15/h2-6,8-9,11-12H,7,10,13H2,1H3,(H,20,21). The molecule has 0 aliphatic rings. The first-order chi connectivity index (χ1) is 10.8. The first kappa shape index (κ1) is 14.4. The minimum Gasteiger partial charge on any atom is -0.451 e. The van der Waals surface area contributed by atoms with Crippen LogP contribution in [0.15, 0.2) is 59.0 Å². The lowest BCUT2D eigenvalue weighted by Crippen LogP contribution is -2.24. The molecule has 3 aromatic rings. The summed E-state index contributed by atoms with van der Waals surface area (Å²) in [6.45, 7) is 2.56. The predicted octanol–water partition coefficient (Wildman–Crippen LogP) is 4.10. The fraction of sp³-hybridized carbons (Fsp3) is 0.211.